The van der Waals surface area contributed by atoms with Gasteiger partial charge in [-0.15, -0.1) is 3.89 Å². The van der Waals surface area contributed by atoms with Crippen LogP contribution in [0.5, 0.6) is 0 Å². The van der Waals surface area contributed by atoms with E-state index in [-0.39, 0.29) is 5.69 Å². The highest BCUT2D eigenvalue weighted by atomic mass is 32.3. The van der Waals surface area contributed by atoms with Crippen molar-refractivity contribution in [2.75, 3.05) is 5.32 Å². The quantitative estimate of drug-likeness (QED) is 0.379. The van der Waals surface area contributed by atoms with Crippen molar-refractivity contribution in [1.29, 1.82) is 0 Å². The number of non-ortho nitro benzene ring substituents is 1. The third-order valence-electron chi connectivity index (χ3n) is 3.24. The molecule has 9 heteroatoms. The predicted octanol–water partition coefficient (Wildman–Crippen LogP) is 3.30. The van der Waals surface area contributed by atoms with Gasteiger partial charge in [0, 0.05) is 23.4 Å². The third kappa shape index (κ3) is 4.95. The monoisotopic (exact) mass is 364 g/mol. The van der Waals surface area contributed by atoms with Crippen LogP contribution >= 0.6 is 0 Å². The molecule has 25 heavy (non-hydrogen) atoms. The lowest BCUT2D eigenvalue weighted by molar-refractivity contribution is -0.384. The lowest BCUT2D eigenvalue weighted by Crippen LogP contribution is -2.12. The number of rotatable bonds is 5. The van der Waals surface area contributed by atoms with E-state index in [2.05, 4.69) is 5.32 Å². The number of benzene rings is 2. The zero-order valence-corrected chi connectivity index (χ0v) is 13.8. The number of nitrogens with zero attached hydrogens (tertiary/aromatic N) is 1. The molecule has 0 bridgehead atoms. The van der Waals surface area contributed by atoms with Gasteiger partial charge in [-0.25, -0.2) is 0 Å². The number of carbonyl (C=O) groups is 1. The summed E-state index contributed by atoms with van der Waals surface area (Å²) in [5.74, 6) is -0.450. The van der Waals surface area contributed by atoms with Gasteiger partial charge in [0.2, 0.25) is 0 Å². The summed E-state index contributed by atoms with van der Waals surface area (Å²) < 4.78 is 34.3. The van der Waals surface area contributed by atoms with Gasteiger partial charge in [-0.05, 0) is 55.0 Å². The maximum absolute atomic E-state index is 12.8. The minimum Gasteiger partial charge on any atom is -0.322 e. The van der Waals surface area contributed by atoms with Gasteiger partial charge in [0.25, 0.3) is 11.6 Å². The van der Waals surface area contributed by atoms with Crippen LogP contribution in [-0.4, -0.2) is 19.2 Å². The second-order valence-corrected chi connectivity index (χ2v) is 6.44. The summed E-state index contributed by atoms with van der Waals surface area (Å²) in [6.07, 6.45) is 1.54. The Balaban J connectivity index is 2.10. The van der Waals surface area contributed by atoms with E-state index in [4.69, 9.17) is 0 Å². The highest BCUT2D eigenvalue weighted by Crippen LogP contribution is 2.18. The van der Waals surface area contributed by atoms with Gasteiger partial charge in [0.05, 0.1) is 9.82 Å². The van der Waals surface area contributed by atoms with Gasteiger partial charge < -0.3 is 5.32 Å². The number of amides is 1. The number of anilines is 1. The molecule has 0 unspecified atom stereocenters. The van der Waals surface area contributed by atoms with E-state index < -0.39 is 25.9 Å². The topological polar surface area (TPSA) is 106 Å². The highest BCUT2D eigenvalue weighted by molar-refractivity contribution is 7.86. The van der Waals surface area contributed by atoms with Crippen molar-refractivity contribution < 1.29 is 22.0 Å². The summed E-state index contributed by atoms with van der Waals surface area (Å²) >= 11 is 0. The maximum Gasteiger partial charge on any atom is 0.332 e. The van der Waals surface area contributed by atoms with Gasteiger partial charge in [-0.3, -0.25) is 14.9 Å². The molecule has 1 N–H and O–H groups in total. The molecular formula is C16H13FN2O5S. The number of nitro groups is 1. The lowest BCUT2D eigenvalue weighted by atomic mass is 10.1. The fourth-order valence-electron chi connectivity index (χ4n) is 1.94. The molecule has 7 nitrogen and oxygen atoms in total. The van der Waals surface area contributed by atoms with E-state index in [1.807, 2.05) is 0 Å². The summed E-state index contributed by atoms with van der Waals surface area (Å²) in [6, 6.07) is 10.3. The van der Waals surface area contributed by atoms with Gasteiger partial charge in [-0.1, -0.05) is 0 Å². The molecular weight excluding hydrogens is 351 g/mol. The summed E-state index contributed by atoms with van der Waals surface area (Å²) in [6.45, 7) is 1.55. The Labute approximate surface area is 143 Å². The molecule has 1 amide bonds. The fourth-order valence-corrected chi connectivity index (χ4v) is 2.40. The van der Waals surface area contributed by atoms with E-state index in [1.165, 1.54) is 36.4 Å². The zero-order chi connectivity index (χ0) is 18.6. The molecule has 2 aromatic carbocycles. The number of hydrogen-bond acceptors (Lipinski definition) is 5. The van der Waals surface area contributed by atoms with Gasteiger partial charge in [0.1, 0.15) is 0 Å². The van der Waals surface area contributed by atoms with E-state index in [9.17, 15) is 27.2 Å². The molecule has 0 aliphatic heterocycles. The zero-order valence-electron chi connectivity index (χ0n) is 13.0. The Morgan fingerprint density at radius 3 is 2.16 bits per heavy atom. The third-order valence-corrected chi connectivity index (χ3v) is 4.07. The van der Waals surface area contributed by atoms with E-state index in [1.54, 1.807) is 13.0 Å². The Morgan fingerprint density at radius 2 is 1.68 bits per heavy atom. The number of hydrogen-bond donors (Lipinski definition) is 1. The first-order valence-electron chi connectivity index (χ1n) is 6.95. The SMILES string of the molecule is C/C(=C\c1ccc([N+](=O)[O-])cc1)C(=O)Nc1ccc(S(=O)(=O)F)cc1. The van der Waals surface area contributed by atoms with Crippen molar-refractivity contribution in [3.05, 3.63) is 69.8 Å². The fraction of sp³-hybridized carbons (Fsp3) is 0.0625. The number of halogens is 1. The van der Waals surface area contributed by atoms with Crippen LogP contribution in [0.2, 0.25) is 0 Å². The van der Waals surface area contributed by atoms with Crippen LogP contribution in [0.4, 0.5) is 15.3 Å². The molecule has 0 radical (unpaired) electrons. The molecule has 0 saturated carbocycles. The minimum absolute atomic E-state index is 0.0536. The molecule has 0 aliphatic carbocycles. The average molecular weight is 364 g/mol. The molecule has 2 rings (SSSR count). The van der Waals surface area contributed by atoms with Crippen LogP contribution in [0.1, 0.15) is 12.5 Å². The van der Waals surface area contributed by atoms with Crippen LogP contribution in [-0.2, 0) is 15.0 Å². The van der Waals surface area contributed by atoms with Crippen LogP contribution < -0.4 is 5.32 Å². The Hall–Kier alpha value is -3.07. The van der Waals surface area contributed by atoms with Gasteiger partial charge in [0.15, 0.2) is 0 Å². The molecule has 0 atom stereocenters. The largest absolute Gasteiger partial charge is 0.332 e. The molecule has 0 saturated heterocycles. The van der Waals surface area contributed by atoms with Crippen molar-refractivity contribution in [2.24, 2.45) is 0 Å². The molecule has 0 aromatic heterocycles. The van der Waals surface area contributed by atoms with Crippen molar-refractivity contribution >= 4 is 33.6 Å². The molecule has 2 aromatic rings. The lowest BCUT2D eigenvalue weighted by Gasteiger charge is -2.06. The van der Waals surface area contributed by atoms with Gasteiger partial charge in [-0.2, -0.15) is 8.42 Å². The summed E-state index contributed by atoms with van der Waals surface area (Å²) in [4.78, 5) is 21.7. The maximum atomic E-state index is 12.8. The van der Waals surface area contributed by atoms with Crippen molar-refractivity contribution in [3.63, 3.8) is 0 Å². The van der Waals surface area contributed by atoms with E-state index in [0.717, 1.165) is 12.1 Å². The number of nitro benzene ring substituents is 1. The average Bonchev–Trinajstić information content (AvgIpc) is 2.55. The van der Waals surface area contributed by atoms with E-state index in [0.29, 0.717) is 16.8 Å². The van der Waals surface area contributed by atoms with Crippen molar-refractivity contribution in [3.8, 4) is 0 Å². The Morgan fingerprint density at radius 1 is 1.12 bits per heavy atom. The Kier molecular flexibility index (Phi) is 5.28. The number of nitrogens with one attached hydrogen (secondary N) is 1. The summed E-state index contributed by atoms with van der Waals surface area (Å²) in [5, 5.41) is 13.1. The molecule has 0 spiro atoms. The van der Waals surface area contributed by atoms with Crippen molar-refractivity contribution in [1.82, 2.24) is 0 Å². The highest BCUT2D eigenvalue weighted by Gasteiger charge is 2.12. The second-order valence-electron chi connectivity index (χ2n) is 5.09. The summed E-state index contributed by atoms with van der Waals surface area (Å²) in [5.41, 5.74) is 1.18. The van der Waals surface area contributed by atoms with Gasteiger partial charge >= 0.3 is 10.2 Å². The predicted molar refractivity (Wildman–Crippen MR) is 90.1 cm³/mol. The second kappa shape index (κ2) is 7.22. The molecule has 0 aliphatic rings. The molecule has 0 fully saturated rings. The van der Waals surface area contributed by atoms with Crippen LogP contribution in [0.25, 0.3) is 6.08 Å². The molecule has 0 heterocycles. The van der Waals surface area contributed by atoms with Crippen LogP contribution in [0.15, 0.2) is 59.0 Å². The Bertz CT molecular complexity index is 935. The molecule has 130 valence electrons. The van der Waals surface area contributed by atoms with E-state index >= 15 is 0 Å². The normalized spacial score (nSPS) is 11.8. The van der Waals surface area contributed by atoms with Crippen LogP contribution in [0.3, 0.4) is 0 Å². The summed E-state index contributed by atoms with van der Waals surface area (Å²) in [7, 11) is -4.79. The van der Waals surface area contributed by atoms with Crippen molar-refractivity contribution in [2.45, 2.75) is 11.8 Å². The minimum atomic E-state index is -4.79. The first-order chi connectivity index (χ1) is 11.7. The standard InChI is InChI=1S/C16H13FN2O5S/c1-11(10-12-2-6-14(7-3-12)19(21)22)16(20)18-13-4-8-15(9-5-13)25(17,23)24/h2-10H,1H3,(H,18,20)/b11-10+. The number of carbonyl (C=O) groups excluding carboxylic acids is 1. The van der Waals surface area contributed by atoms with Crippen LogP contribution in [0, 0.1) is 10.1 Å². The smallest absolute Gasteiger partial charge is 0.322 e. The first kappa shape index (κ1) is 18.3. The first-order valence-corrected chi connectivity index (χ1v) is 8.34.